The molecule has 10 rings (SSSR count). The molecule has 0 amide bonds. The Bertz CT molecular complexity index is 2840. The molecule has 0 bridgehead atoms. The minimum absolute atomic E-state index is 1.11. The first-order chi connectivity index (χ1) is 23.8. The molecule has 48 heavy (non-hydrogen) atoms. The van der Waals surface area contributed by atoms with Gasteiger partial charge in [-0.3, -0.25) is 0 Å². The molecule has 0 aliphatic carbocycles. The van der Waals surface area contributed by atoms with Crippen LogP contribution in [0.15, 0.2) is 182 Å². The summed E-state index contributed by atoms with van der Waals surface area (Å²) in [6.07, 6.45) is 0. The Morgan fingerprint density at radius 2 is 0.958 bits per heavy atom. The Hall–Kier alpha value is -6.38. The summed E-state index contributed by atoms with van der Waals surface area (Å²) in [6, 6.07) is 66.3. The fraction of sp³-hybridized carbons (Fsp3) is 0. The van der Waals surface area contributed by atoms with E-state index in [2.05, 4.69) is 191 Å². The number of benzene rings is 9. The van der Waals surface area contributed by atoms with Crippen molar-refractivity contribution in [3.63, 3.8) is 0 Å². The summed E-state index contributed by atoms with van der Waals surface area (Å²) in [5, 5.41) is 12.6. The summed E-state index contributed by atoms with van der Waals surface area (Å²) < 4.78 is 2.45. The summed E-state index contributed by atoms with van der Waals surface area (Å²) in [6.45, 7) is 0. The molecule has 9 aromatic carbocycles. The highest BCUT2D eigenvalue weighted by atomic mass is 15.1. The van der Waals surface area contributed by atoms with Gasteiger partial charge in [-0.2, -0.15) is 0 Å². The summed E-state index contributed by atoms with van der Waals surface area (Å²) >= 11 is 0. The van der Waals surface area contributed by atoms with E-state index in [9.17, 15) is 0 Å². The number of nitrogens with zero attached hydrogens (tertiary/aromatic N) is 2. The van der Waals surface area contributed by atoms with Gasteiger partial charge in [0.1, 0.15) is 0 Å². The summed E-state index contributed by atoms with van der Waals surface area (Å²) in [5.74, 6) is 0. The van der Waals surface area contributed by atoms with Crippen molar-refractivity contribution in [3.05, 3.63) is 182 Å². The van der Waals surface area contributed by atoms with Crippen LogP contribution in [-0.2, 0) is 0 Å². The van der Waals surface area contributed by atoms with Crippen molar-refractivity contribution in [1.29, 1.82) is 0 Å². The van der Waals surface area contributed by atoms with E-state index in [-0.39, 0.29) is 0 Å². The van der Waals surface area contributed by atoms with Gasteiger partial charge in [-0.15, -0.1) is 0 Å². The molecule has 0 aliphatic rings. The second kappa shape index (κ2) is 10.6. The molecule has 10 aromatic rings. The fourth-order valence-electron chi connectivity index (χ4n) is 7.82. The van der Waals surface area contributed by atoms with Crippen LogP contribution >= 0.6 is 0 Å². The van der Waals surface area contributed by atoms with Gasteiger partial charge in [-0.25, -0.2) is 0 Å². The van der Waals surface area contributed by atoms with Crippen molar-refractivity contribution < 1.29 is 0 Å². The smallest absolute Gasteiger partial charge is 0.0619 e. The fourth-order valence-corrected chi connectivity index (χ4v) is 7.82. The Morgan fingerprint density at radius 3 is 1.79 bits per heavy atom. The van der Waals surface area contributed by atoms with Crippen LogP contribution in [-0.4, -0.2) is 4.57 Å². The average Bonchev–Trinajstić information content (AvgIpc) is 3.50. The van der Waals surface area contributed by atoms with Gasteiger partial charge in [0.05, 0.1) is 16.7 Å². The molecule has 224 valence electrons. The van der Waals surface area contributed by atoms with Crippen molar-refractivity contribution in [1.82, 2.24) is 4.57 Å². The number of rotatable bonds is 4. The Kier molecular flexibility index (Phi) is 5.91. The van der Waals surface area contributed by atoms with Crippen LogP contribution in [0.3, 0.4) is 0 Å². The Balaban J connectivity index is 1.27. The molecule has 2 nitrogen and oxygen atoms in total. The summed E-state index contributed by atoms with van der Waals surface area (Å²) in [4.78, 5) is 2.42. The van der Waals surface area contributed by atoms with E-state index in [1.54, 1.807) is 0 Å². The van der Waals surface area contributed by atoms with Crippen LogP contribution in [0.5, 0.6) is 0 Å². The summed E-state index contributed by atoms with van der Waals surface area (Å²) in [7, 11) is 0. The lowest BCUT2D eigenvalue weighted by molar-refractivity contribution is 1.18. The second-order valence-electron chi connectivity index (χ2n) is 12.6. The van der Waals surface area contributed by atoms with Crippen LogP contribution in [0.25, 0.3) is 70.6 Å². The lowest BCUT2D eigenvalue weighted by Gasteiger charge is -2.28. The normalized spacial score (nSPS) is 11.8. The predicted octanol–water partition coefficient (Wildman–Crippen LogP) is 12.9. The van der Waals surface area contributed by atoms with E-state index in [4.69, 9.17) is 0 Å². The molecule has 1 aromatic heterocycles. The maximum absolute atomic E-state index is 2.45. The van der Waals surface area contributed by atoms with E-state index in [0.717, 1.165) is 22.7 Å². The minimum Gasteiger partial charge on any atom is -0.310 e. The Labute approximate surface area is 278 Å². The molecule has 0 atom stereocenters. The minimum atomic E-state index is 1.11. The standard InChI is InChI=1S/C46H30N2/c1-2-15-34(16-3-1)47(44-29-33-26-25-31-13-4-6-19-37(31)45(33)41-23-9-8-21-39(41)44)35-17-12-18-36(30-35)48-43-24-11-10-22-40(43)42-28-27-32-14-5-7-20-38(32)46(42)48/h1-30H. The number of aromatic nitrogens is 1. The lowest BCUT2D eigenvalue weighted by Crippen LogP contribution is -2.11. The first-order valence-electron chi connectivity index (χ1n) is 16.5. The molecule has 0 spiro atoms. The predicted molar refractivity (Wildman–Crippen MR) is 205 cm³/mol. The first kappa shape index (κ1) is 26.8. The zero-order valence-corrected chi connectivity index (χ0v) is 26.2. The van der Waals surface area contributed by atoms with E-state index >= 15 is 0 Å². The van der Waals surface area contributed by atoms with Gasteiger partial charge < -0.3 is 9.47 Å². The van der Waals surface area contributed by atoms with Gasteiger partial charge in [0.15, 0.2) is 0 Å². The molecule has 1 heterocycles. The van der Waals surface area contributed by atoms with Gasteiger partial charge in [0.2, 0.25) is 0 Å². The van der Waals surface area contributed by atoms with Gasteiger partial charge >= 0.3 is 0 Å². The van der Waals surface area contributed by atoms with E-state index in [1.165, 1.54) is 64.9 Å². The van der Waals surface area contributed by atoms with Crippen molar-refractivity contribution >= 4 is 82.0 Å². The van der Waals surface area contributed by atoms with Gasteiger partial charge in [-0.05, 0) is 74.8 Å². The molecule has 0 radical (unpaired) electrons. The average molecular weight is 611 g/mol. The van der Waals surface area contributed by atoms with E-state index in [1.807, 2.05) is 0 Å². The van der Waals surface area contributed by atoms with Crippen molar-refractivity contribution in [2.75, 3.05) is 4.90 Å². The molecule has 0 saturated heterocycles. The van der Waals surface area contributed by atoms with Crippen LogP contribution in [0.4, 0.5) is 17.1 Å². The Morgan fingerprint density at radius 1 is 0.354 bits per heavy atom. The van der Waals surface area contributed by atoms with Gasteiger partial charge in [0.25, 0.3) is 0 Å². The largest absolute Gasteiger partial charge is 0.310 e. The number of hydrogen-bond donors (Lipinski definition) is 0. The number of anilines is 3. The molecule has 0 N–H and O–H groups in total. The SMILES string of the molecule is c1ccc(N(c2cccc(-n3c4ccccc4c4ccc5ccccc5c43)c2)c2cc3ccc4ccccc4c3c3ccccc23)cc1. The van der Waals surface area contributed by atoms with E-state index in [0.29, 0.717) is 0 Å². The van der Waals surface area contributed by atoms with Gasteiger partial charge in [-0.1, -0.05) is 140 Å². The highest BCUT2D eigenvalue weighted by molar-refractivity contribution is 6.24. The third kappa shape index (κ3) is 4.00. The molecule has 2 heteroatoms. The highest BCUT2D eigenvalue weighted by Crippen LogP contribution is 2.44. The molecular formula is C46H30N2. The monoisotopic (exact) mass is 610 g/mol. The van der Waals surface area contributed by atoms with Crippen LogP contribution in [0.2, 0.25) is 0 Å². The van der Waals surface area contributed by atoms with E-state index < -0.39 is 0 Å². The molecule has 0 fully saturated rings. The third-order valence-corrected chi connectivity index (χ3v) is 9.89. The second-order valence-corrected chi connectivity index (χ2v) is 12.6. The maximum Gasteiger partial charge on any atom is 0.0619 e. The molecular weight excluding hydrogens is 581 g/mol. The highest BCUT2D eigenvalue weighted by Gasteiger charge is 2.20. The topological polar surface area (TPSA) is 8.17 Å². The quantitative estimate of drug-likeness (QED) is 0.180. The molecule has 0 saturated carbocycles. The van der Waals surface area contributed by atoms with Crippen molar-refractivity contribution in [2.45, 2.75) is 0 Å². The zero-order valence-electron chi connectivity index (χ0n) is 26.2. The molecule has 0 unspecified atom stereocenters. The number of fused-ring (bicyclic) bond motifs is 10. The maximum atomic E-state index is 2.45. The zero-order chi connectivity index (χ0) is 31.6. The number of hydrogen-bond acceptors (Lipinski definition) is 1. The van der Waals surface area contributed by atoms with Crippen molar-refractivity contribution in [2.24, 2.45) is 0 Å². The lowest BCUT2D eigenvalue weighted by atomic mass is 9.94. The van der Waals surface area contributed by atoms with Crippen LogP contribution in [0.1, 0.15) is 0 Å². The van der Waals surface area contributed by atoms with Crippen LogP contribution < -0.4 is 4.90 Å². The number of para-hydroxylation sites is 2. The first-order valence-corrected chi connectivity index (χ1v) is 16.5. The van der Waals surface area contributed by atoms with Crippen LogP contribution in [0, 0.1) is 0 Å². The summed E-state index contributed by atoms with van der Waals surface area (Å²) in [5.41, 5.74) is 6.95. The molecule has 0 aliphatic heterocycles. The van der Waals surface area contributed by atoms with Crippen molar-refractivity contribution in [3.8, 4) is 5.69 Å². The third-order valence-electron chi connectivity index (χ3n) is 9.89. The van der Waals surface area contributed by atoms with Gasteiger partial charge in [0, 0.05) is 38.6 Å².